The molecule has 138 valence electrons. The van der Waals surface area contributed by atoms with Crippen LogP contribution < -0.4 is 4.31 Å². The maximum absolute atomic E-state index is 13.4. The molecule has 0 saturated heterocycles. The summed E-state index contributed by atoms with van der Waals surface area (Å²) in [6, 6.07) is 10.8. The first-order valence-electron chi connectivity index (χ1n) is 8.90. The van der Waals surface area contributed by atoms with Gasteiger partial charge in [-0.15, -0.1) is 0 Å². The minimum absolute atomic E-state index is 0.199. The van der Waals surface area contributed by atoms with Crippen LogP contribution in [0.1, 0.15) is 30.2 Å². The molecule has 2 aliphatic rings. The Morgan fingerprint density at radius 2 is 1.89 bits per heavy atom. The Balaban J connectivity index is 1.44. The van der Waals surface area contributed by atoms with E-state index < -0.39 is 10.0 Å². The van der Waals surface area contributed by atoms with Gasteiger partial charge in [0.2, 0.25) is 0 Å². The number of rotatable bonds is 4. The highest BCUT2D eigenvalue weighted by molar-refractivity contribution is 7.92. The molecule has 27 heavy (non-hydrogen) atoms. The molecule has 3 aromatic rings. The number of aromatic nitrogens is 1. The van der Waals surface area contributed by atoms with Crippen LogP contribution in [-0.2, 0) is 16.4 Å². The second-order valence-corrected chi connectivity index (χ2v) is 8.82. The van der Waals surface area contributed by atoms with Gasteiger partial charge in [-0.3, -0.25) is 4.31 Å². The largest absolute Gasteiger partial charge is 0.440 e. The Morgan fingerprint density at radius 1 is 1.11 bits per heavy atom. The minimum atomic E-state index is -3.70. The quantitative estimate of drug-likeness (QED) is 0.679. The molecule has 7 heteroatoms. The first kappa shape index (κ1) is 16.5. The lowest BCUT2D eigenvalue weighted by atomic mass is 10.2. The van der Waals surface area contributed by atoms with Gasteiger partial charge in [-0.25, -0.2) is 17.8 Å². The average molecular weight is 384 g/mol. The van der Waals surface area contributed by atoms with E-state index in [0.29, 0.717) is 35.9 Å². The maximum Gasteiger partial charge on any atom is 0.264 e. The van der Waals surface area contributed by atoms with Gasteiger partial charge < -0.3 is 4.42 Å². The van der Waals surface area contributed by atoms with Crippen molar-refractivity contribution in [1.29, 1.82) is 0 Å². The van der Waals surface area contributed by atoms with Gasteiger partial charge in [0, 0.05) is 18.0 Å². The lowest BCUT2D eigenvalue weighted by Crippen LogP contribution is -2.29. The Morgan fingerprint density at radius 3 is 2.63 bits per heavy atom. The zero-order chi connectivity index (χ0) is 18.6. The molecule has 1 fully saturated rings. The fourth-order valence-electron chi connectivity index (χ4n) is 3.45. The summed E-state index contributed by atoms with van der Waals surface area (Å²) >= 11 is 0. The van der Waals surface area contributed by atoms with Crippen LogP contribution in [0, 0.1) is 5.82 Å². The molecule has 2 aromatic carbocycles. The van der Waals surface area contributed by atoms with Crippen molar-refractivity contribution in [2.45, 2.75) is 30.1 Å². The standard InChI is InChI=1S/C20H17FN2O3S/c21-16-5-8-18-15(11-16)9-10-23(18)27(24,25)17-6-3-13(4-7-17)19-12-22-20(26-19)14-1-2-14/h3-8,11-12,14H,1-2,9-10H2. The highest BCUT2D eigenvalue weighted by Crippen LogP contribution is 2.40. The lowest BCUT2D eigenvalue weighted by Gasteiger charge is -2.19. The third-order valence-corrected chi connectivity index (χ3v) is 6.90. The van der Waals surface area contributed by atoms with Gasteiger partial charge in [0.05, 0.1) is 16.8 Å². The van der Waals surface area contributed by atoms with Crippen LogP contribution in [-0.4, -0.2) is 19.9 Å². The summed E-state index contributed by atoms with van der Waals surface area (Å²) in [4.78, 5) is 4.50. The first-order chi connectivity index (χ1) is 13.0. The van der Waals surface area contributed by atoms with Gasteiger partial charge in [0.15, 0.2) is 11.7 Å². The molecule has 1 aliphatic carbocycles. The monoisotopic (exact) mass is 384 g/mol. The lowest BCUT2D eigenvalue weighted by molar-refractivity contribution is 0.509. The zero-order valence-electron chi connectivity index (χ0n) is 14.4. The highest BCUT2D eigenvalue weighted by Gasteiger charge is 2.31. The second kappa shape index (κ2) is 5.92. The molecule has 0 unspecified atom stereocenters. The Hall–Kier alpha value is -2.67. The molecule has 1 aliphatic heterocycles. The minimum Gasteiger partial charge on any atom is -0.440 e. The number of halogens is 1. The molecule has 0 radical (unpaired) electrons. The van der Waals surface area contributed by atoms with Crippen LogP contribution in [0.3, 0.4) is 0 Å². The topological polar surface area (TPSA) is 63.4 Å². The molecular formula is C20H17FN2O3S. The van der Waals surface area contributed by atoms with Crippen molar-refractivity contribution in [3.8, 4) is 11.3 Å². The number of sulfonamides is 1. The van der Waals surface area contributed by atoms with Crippen molar-refractivity contribution < 1.29 is 17.2 Å². The number of oxazole rings is 1. The van der Waals surface area contributed by atoms with Crippen LogP contribution >= 0.6 is 0 Å². The number of anilines is 1. The van der Waals surface area contributed by atoms with E-state index in [-0.39, 0.29) is 10.7 Å². The summed E-state index contributed by atoms with van der Waals surface area (Å²) in [5, 5.41) is 0. The summed E-state index contributed by atoms with van der Waals surface area (Å²) in [5.74, 6) is 1.47. The molecule has 0 spiro atoms. The van der Waals surface area contributed by atoms with E-state index in [9.17, 15) is 12.8 Å². The summed E-state index contributed by atoms with van der Waals surface area (Å²) < 4.78 is 46.6. The fraction of sp³-hybridized carbons (Fsp3) is 0.250. The highest BCUT2D eigenvalue weighted by atomic mass is 32.2. The van der Waals surface area contributed by atoms with Crippen LogP contribution in [0.4, 0.5) is 10.1 Å². The number of benzene rings is 2. The van der Waals surface area contributed by atoms with Crippen LogP contribution in [0.15, 0.2) is 58.0 Å². The van der Waals surface area contributed by atoms with E-state index in [1.165, 1.54) is 22.5 Å². The van der Waals surface area contributed by atoms with Crippen molar-refractivity contribution in [3.63, 3.8) is 0 Å². The summed E-state index contributed by atoms with van der Waals surface area (Å²) in [7, 11) is -3.70. The average Bonchev–Trinajstić information content (AvgIpc) is 3.24. The number of nitrogens with zero attached hydrogens (tertiary/aromatic N) is 2. The van der Waals surface area contributed by atoms with Gasteiger partial charge >= 0.3 is 0 Å². The number of fused-ring (bicyclic) bond motifs is 1. The molecule has 1 aromatic heterocycles. The molecule has 0 atom stereocenters. The Kier molecular flexibility index (Phi) is 3.62. The van der Waals surface area contributed by atoms with Crippen LogP contribution in [0.2, 0.25) is 0 Å². The second-order valence-electron chi connectivity index (χ2n) is 6.96. The van der Waals surface area contributed by atoms with Crippen molar-refractivity contribution >= 4 is 15.7 Å². The SMILES string of the molecule is O=S(=O)(c1ccc(-c2cnc(C3CC3)o2)cc1)N1CCc2cc(F)ccc21. The predicted molar refractivity (Wildman–Crippen MR) is 98.5 cm³/mol. The van der Waals surface area contributed by atoms with Crippen molar-refractivity contribution in [2.24, 2.45) is 0 Å². The van der Waals surface area contributed by atoms with Gasteiger partial charge in [-0.2, -0.15) is 0 Å². The van der Waals surface area contributed by atoms with Gasteiger partial charge in [-0.1, -0.05) is 0 Å². The molecule has 0 N–H and O–H groups in total. The van der Waals surface area contributed by atoms with E-state index in [4.69, 9.17) is 4.42 Å². The molecule has 0 bridgehead atoms. The van der Waals surface area contributed by atoms with E-state index >= 15 is 0 Å². The third kappa shape index (κ3) is 2.82. The first-order valence-corrected chi connectivity index (χ1v) is 10.3. The molecule has 1 saturated carbocycles. The number of hydrogen-bond donors (Lipinski definition) is 0. The van der Waals surface area contributed by atoms with E-state index in [1.807, 2.05) is 0 Å². The molecule has 5 nitrogen and oxygen atoms in total. The third-order valence-electron chi connectivity index (χ3n) is 5.07. The van der Waals surface area contributed by atoms with Crippen molar-refractivity contribution in [3.05, 3.63) is 65.9 Å². The zero-order valence-corrected chi connectivity index (χ0v) is 15.2. The van der Waals surface area contributed by atoms with Gasteiger partial charge in [0.25, 0.3) is 10.0 Å². The van der Waals surface area contributed by atoms with Gasteiger partial charge in [-0.05, 0) is 67.3 Å². The molecule has 5 rings (SSSR count). The number of hydrogen-bond acceptors (Lipinski definition) is 4. The van der Waals surface area contributed by atoms with E-state index in [2.05, 4.69) is 4.98 Å². The summed E-state index contributed by atoms with van der Waals surface area (Å²) in [6.07, 6.45) is 4.41. The smallest absolute Gasteiger partial charge is 0.264 e. The normalized spacial score (nSPS) is 16.6. The molecule has 2 heterocycles. The van der Waals surface area contributed by atoms with Gasteiger partial charge in [0.1, 0.15) is 5.82 Å². The van der Waals surface area contributed by atoms with Crippen molar-refractivity contribution in [1.82, 2.24) is 4.98 Å². The summed E-state index contributed by atoms with van der Waals surface area (Å²) in [6.45, 7) is 0.315. The molecule has 0 amide bonds. The molecular weight excluding hydrogens is 367 g/mol. The Labute approximate surface area is 156 Å². The summed E-state index contributed by atoms with van der Waals surface area (Å²) in [5.41, 5.74) is 2.05. The van der Waals surface area contributed by atoms with E-state index in [1.54, 1.807) is 30.5 Å². The van der Waals surface area contributed by atoms with Crippen LogP contribution in [0.25, 0.3) is 11.3 Å². The maximum atomic E-state index is 13.4. The fourth-order valence-corrected chi connectivity index (χ4v) is 4.95. The van der Waals surface area contributed by atoms with E-state index in [0.717, 1.165) is 24.3 Å². The predicted octanol–water partition coefficient (Wildman–Crippen LogP) is 4.11. The van der Waals surface area contributed by atoms with Crippen molar-refractivity contribution in [2.75, 3.05) is 10.8 Å². The Bertz CT molecular complexity index is 1120. The van der Waals surface area contributed by atoms with Crippen LogP contribution in [0.5, 0.6) is 0 Å².